The maximum Gasteiger partial charge on any atom is 0.261 e. The summed E-state index contributed by atoms with van der Waals surface area (Å²) in [4.78, 5) is 28.3. The number of aryl methyl sites for hydroxylation is 1. The molecule has 1 aromatic heterocycles. The predicted molar refractivity (Wildman–Crippen MR) is 96.8 cm³/mol. The van der Waals surface area contributed by atoms with Crippen LogP contribution in [0.15, 0.2) is 33.8 Å². The molecule has 0 saturated heterocycles. The van der Waals surface area contributed by atoms with Gasteiger partial charge >= 0.3 is 0 Å². The summed E-state index contributed by atoms with van der Waals surface area (Å²) in [5.41, 5.74) is 6.12. The molecule has 1 unspecified atom stereocenters. The molecule has 1 aromatic carbocycles. The molecule has 0 fully saturated rings. The Morgan fingerprint density at radius 2 is 2.22 bits per heavy atom. The highest BCUT2D eigenvalue weighted by molar-refractivity contribution is 9.10. The van der Waals surface area contributed by atoms with E-state index in [1.165, 1.54) is 10.9 Å². The van der Waals surface area contributed by atoms with Gasteiger partial charge in [0.25, 0.3) is 5.56 Å². The minimum absolute atomic E-state index is 0. The first kappa shape index (κ1) is 19.6. The van der Waals surface area contributed by atoms with Crippen molar-refractivity contribution in [3.63, 3.8) is 0 Å². The van der Waals surface area contributed by atoms with Gasteiger partial charge in [0.1, 0.15) is 0 Å². The molecule has 126 valence electrons. The number of benzene rings is 1. The molecule has 0 aliphatic heterocycles. The molecule has 0 spiro atoms. The summed E-state index contributed by atoms with van der Waals surface area (Å²) < 4.78 is 2.28. The van der Waals surface area contributed by atoms with Crippen LogP contribution in [-0.2, 0) is 11.3 Å². The maximum absolute atomic E-state index is 12.4. The van der Waals surface area contributed by atoms with Crippen LogP contribution >= 0.6 is 28.3 Å². The third kappa shape index (κ3) is 5.60. The van der Waals surface area contributed by atoms with Gasteiger partial charge in [-0.25, -0.2) is 4.98 Å². The summed E-state index contributed by atoms with van der Waals surface area (Å²) in [7, 11) is 0. The first-order chi connectivity index (χ1) is 10.5. The van der Waals surface area contributed by atoms with Gasteiger partial charge in [0, 0.05) is 30.0 Å². The van der Waals surface area contributed by atoms with Crippen LogP contribution in [0.1, 0.15) is 19.8 Å². The van der Waals surface area contributed by atoms with Crippen molar-refractivity contribution in [1.29, 1.82) is 0 Å². The molecule has 1 atom stereocenters. The van der Waals surface area contributed by atoms with Crippen LogP contribution in [0.3, 0.4) is 0 Å². The van der Waals surface area contributed by atoms with Gasteiger partial charge in [-0.1, -0.05) is 15.9 Å². The lowest BCUT2D eigenvalue weighted by molar-refractivity contribution is -0.121. The average Bonchev–Trinajstić information content (AvgIpc) is 2.47. The topological polar surface area (TPSA) is 90.0 Å². The van der Waals surface area contributed by atoms with E-state index >= 15 is 0 Å². The Hall–Kier alpha value is -1.44. The van der Waals surface area contributed by atoms with Crippen LogP contribution in [0.2, 0.25) is 0 Å². The van der Waals surface area contributed by atoms with Crippen LogP contribution in [0.4, 0.5) is 0 Å². The third-order valence-corrected chi connectivity index (χ3v) is 3.78. The van der Waals surface area contributed by atoms with E-state index in [0.717, 1.165) is 10.9 Å². The van der Waals surface area contributed by atoms with Crippen LogP contribution in [0.25, 0.3) is 10.9 Å². The van der Waals surface area contributed by atoms with E-state index in [1.54, 1.807) is 12.1 Å². The number of aromatic nitrogens is 2. The van der Waals surface area contributed by atoms with E-state index in [0.29, 0.717) is 24.0 Å². The molecule has 0 aliphatic carbocycles. The van der Waals surface area contributed by atoms with Gasteiger partial charge in [0.05, 0.1) is 17.2 Å². The Morgan fingerprint density at radius 3 is 2.91 bits per heavy atom. The molecule has 0 saturated carbocycles. The molecule has 2 aromatic rings. The SMILES string of the molecule is CC(N)CCNC(=O)CCn1cnc2ccc(Br)cc2c1=O.Cl. The van der Waals surface area contributed by atoms with Crippen molar-refractivity contribution >= 4 is 45.1 Å². The van der Waals surface area contributed by atoms with Gasteiger partial charge in [-0.05, 0) is 31.5 Å². The Balaban J connectivity index is 0.00000264. The number of nitrogens with two attached hydrogens (primary N) is 1. The number of halogens is 2. The zero-order chi connectivity index (χ0) is 16.1. The first-order valence-electron chi connectivity index (χ1n) is 7.14. The fourth-order valence-electron chi connectivity index (χ4n) is 2.04. The van der Waals surface area contributed by atoms with Gasteiger partial charge in [0.2, 0.25) is 5.91 Å². The molecular formula is C15H20BrClN4O2. The van der Waals surface area contributed by atoms with E-state index in [2.05, 4.69) is 26.2 Å². The zero-order valence-corrected chi connectivity index (χ0v) is 15.2. The standard InChI is InChI=1S/C15H19BrN4O2.ClH/c1-10(17)4-6-18-14(21)5-7-20-9-19-13-3-2-11(16)8-12(13)15(20)22;/h2-3,8-10H,4-7,17H2,1H3,(H,18,21);1H. The average molecular weight is 404 g/mol. The van der Waals surface area contributed by atoms with Crippen molar-refractivity contribution in [3.8, 4) is 0 Å². The number of carbonyl (C=O) groups excluding carboxylic acids is 1. The number of carbonyl (C=O) groups is 1. The van der Waals surface area contributed by atoms with Gasteiger partial charge in [-0.2, -0.15) is 0 Å². The molecule has 23 heavy (non-hydrogen) atoms. The zero-order valence-electron chi connectivity index (χ0n) is 12.8. The van der Waals surface area contributed by atoms with E-state index in [-0.39, 0.29) is 36.3 Å². The molecule has 1 amide bonds. The molecule has 3 N–H and O–H groups in total. The molecule has 1 heterocycles. The Labute approximate surface area is 149 Å². The fraction of sp³-hybridized carbons (Fsp3) is 0.400. The van der Waals surface area contributed by atoms with Crippen molar-refractivity contribution in [2.45, 2.75) is 32.4 Å². The molecule has 2 rings (SSSR count). The van der Waals surface area contributed by atoms with Gasteiger partial charge in [-0.3, -0.25) is 14.2 Å². The summed E-state index contributed by atoms with van der Waals surface area (Å²) in [5.74, 6) is -0.0955. The molecule has 0 aliphatic rings. The number of hydrogen-bond acceptors (Lipinski definition) is 4. The molecular weight excluding hydrogens is 384 g/mol. The quantitative estimate of drug-likeness (QED) is 0.770. The number of rotatable bonds is 6. The Kier molecular flexibility index (Phi) is 7.67. The van der Waals surface area contributed by atoms with E-state index in [4.69, 9.17) is 5.73 Å². The molecule has 0 bridgehead atoms. The lowest BCUT2D eigenvalue weighted by Crippen LogP contribution is -2.30. The van der Waals surface area contributed by atoms with Crippen molar-refractivity contribution in [3.05, 3.63) is 39.4 Å². The number of nitrogens with zero attached hydrogens (tertiary/aromatic N) is 2. The maximum atomic E-state index is 12.4. The van der Waals surface area contributed by atoms with Gasteiger partial charge in [-0.15, -0.1) is 12.4 Å². The fourth-order valence-corrected chi connectivity index (χ4v) is 2.40. The van der Waals surface area contributed by atoms with E-state index < -0.39 is 0 Å². The molecule has 0 radical (unpaired) electrons. The van der Waals surface area contributed by atoms with E-state index in [9.17, 15) is 9.59 Å². The van der Waals surface area contributed by atoms with Gasteiger partial charge in [0.15, 0.2) is 0 Å². The predicted octanol–water partition coefficient (Wildman–Crippen LogP) is 1.82. The number of hydrogen-bond donors (Lipinski definition) is 2. The second kappa shape index (κ2) is 9.00. The number of fused-ring (bicyclic) bond motifs is 1. The summed E-state index contributed by atoms with van der Waals surface area (Å²) in [5, 5.41) is 3.32. The largest absolute Gasteiger partial charge is 0.356 e. The second-order valence-electron chi connectivity index (χ2n) is 5.27. The number of nitrogens with one attached hydrogen (secondary N) is 1. The van der Waals surface area contributed by atoms with Crippen molar-refractivity contribution in [2.24, 2.45) is 5.73 Å². The molecule has 8 heteroatoms. The molecule has 6 nitrogen and oxygen atoms in total. The second-order valence-corrected chi connectivity index (χ2v) is 6.19. The smallest absolute Gasteiger partial charge is 0.261 e. The van der Waals surface area contributed by atoms with Crippen molar-refractivity contribution in [2.75, 3.05) is 6.54 Å². The Morgan fingerprint density at radius 1 is 1.48 bits per heavy atom. The minimum Gasteiger partial charge on any atom is -0.356 e. The minimum atomic E-state index is -0.144. The number of amides is 1. The Bertz CT molecular complexity index is 733. The van der Waals surface area contributed by atoms with Crippen molar-refractivity contribution < 1.29 is 4.79 Å². The highest BCUT2D eigenvalue weighted by atomic mass is 79.9. The normalized spacial score (nSPS) is 11.8. The highest BCUT2D eigenvalue weighted by Crippen LogP contribution is 2.14. The van der Waals surface area contributed by atoms with E-state index in [1.807, 2.05) is 13.0 Å². The van der Waals surface area contributed by atoms with Crippen molar-refractivity contribution in [1.82, 2.24) is 14.9 Å². The third-order valence-electron chi connectivity index (χ3n) is 3.29. The highest BCUT2D eigenvalue weighted by Gasteiger charge is 2.07. The monoisotopic (exact) mass is 402 g/mol. The summed E-state index contributed by atoms with van der Waals surface area (Å²) in [6.07, 6.45) is 2.45. The van der Waals surface area contributed by atoms with Crippen LogP contribution in [0.5, 0.6) is 0 Å². The summed E-state index contributed by atoms with van der Waals surface area (Å²) in [6.45, 7) is 2.75. The first-order valence-corrected chi connectivity index (χ1v) is 7.93. The summed E-state index contributed by atoms with van der Waals surface area (Å²) >= 11 is 3.34. The lowest BCUT2D eigenvalue weighted by Gasteiger charge is -2.09. The lowest BCUT2D eigenvalue weighted by atomic mass is 10.2. The van der Waals surface area contributed by atoms with Crippen LogP contribution in [0, 0.1) is 0 Å². The van der Waals surface area contributed by atoms with Crippen LogP contribution in [-0.4, -0.2) is 28.0 Å². The van der Waals surface area contributed by atoms with Gasteiger partial charge < -0.3 is 11.1 Å². The summed E-state index contributed by atoms with van der Waals surface area (Å²) in [6, 6.07) is 5.42. The van der Waals surface area contributed by atoms with Crippen LogP contribution < -0.4 is 16.6 Å².